The van der Waals surface area contributed by atoms with Crippen LogP contribution in [0.5, 0.6) is 0 Å². The Kier molecular flexibility index (Phi) is 5.09. The first-order valence-corrected chi connectivity index (χ1v) is 9.18. The van der Waals surface area contributed by atoms with Gasteiger partial charge in [-0.05, 0) is 48.9 Å². The van der Waals surface area contributed by atoms with Crippen molar-refractivity contribution in [2.24, 2.45) is 0 Å². The number of amides is 1. The Morgan fingerprint density at radius 3 is 2.46 bits per heavy atom. The predicted molar refractivity (Wildman–Crippen MR) is 107 cm³/mol. The number of aromatic nitrogens is 4. The van der Waals surface area contributed by atoms with E-state index in [1.54, 1.807) is 24.5 Å². The van der Waals surface area contributed by atoms with Gasteiger partial charge in [0, 0.05) is 38.6 Å². The molecule has 0 atom stereocenters. The van der Waals surface area contributed by atoms with Crippen molar-refractivity contribution in [3.8, 4) is 0 Å². The maximum Gasteiger partial charge on any atom is 0.272 e. The van der Waals surface area contributed by atoms with E-state index in [1.165, 1.54) is 0 Å². The fraction of sp³-hybridized carbons (Fsp3) is 0.250. The van der Waals surface area contributed by atoms with Gasteiger partial charge in [-0.3, -0.25) is 9.78 Å². The summed E-state index contributed by atoms with van der Waals surface area (Å²) >= 11 is 0. The van der Waals surface area contributed by atoms with Gasteiger partial charge in [-0.1, -0.05) is 6.07 Å². The maximum absolute atomic E-state index is 12.5. The Labute approximate surface area is 163 Å². The highest BCUT2D eigenvalue weighted by Crippen LogP contribution is 2.17. The van der Waals surface area contributed by atoms with Gasteiger partial charge in [0.15, 0.2) is 11.6 Å². The summed E-state index contributed by atoms with van der Waals surface area (Å²) in [5, 5.41) is 11.7. The van der Waals surface area contributed by atoms with E-state index in [-0.39, 0.29) is 5.91 Å². The Morgan fingerprint density at radius 2 is 1.79 bits per heavy atom. The number of pyridine rings is 2. The largest absolute Gasteiger partial charge is 0.352 e. The molecule has 0 aliphatic carbocycles. The molecule has 8 heteroatoms. The maximum atomic E-state index is 12.5. The second-order valence-electron chi connectivity index (χ2n) is 6.61. The molecule has 1 saturated heterocycles. The van der Waals surface area contributed by atoms with E-state index >= 15 is 0 Å². The van der Waals surface area contributed by atoms with Crippen LogP contribution in [-0.4, -0.2) is 57.2 Å². The van der Waals surface area contributed by atoms with Gasteiger partial charge in [-0.25, -0.2) is 4.98 Å². The van der Waals surface area contributed by atoms with E-state index in [4.69, 9.17) is 0 Å². The minimum absolute atomic E-state index is 0.0310. The zero-order valence-electron chi connectivity index (χ0n) is 15.6. The molecule has 0 bridgehead atoms. The number of rotatable bonds is 4. The standard InChI is InChI=1S/C20H21N7O/c1-15-7-9-22-18(14-15)23-17-5-6-19(25-24-17)26-10-12-27(13-11-26)20(28)16-4-2-3-8-21-16/h2-9,14H,10-13H2,1H3,(H,22,23,24). The Bertz CT molecular complexity index is 938. The lowest BCUT2D eigenvalue weighted by Crippen LogP contribution is -2.49. The van der Waals surface area contributed by atoms with Crippen molar-refractivity contribution in [2.45, 2.75) is 6.92 Å². The van der Waals surface area contributed by atoms with Crippen LogP contribution in [0.15, 0.2) is 54.9 Å². The molecule has 1 fully saturated rings. The predicted octanol–water partition coefficient (Wildman–Crippen LogP) is 2.28. The first-order valence-electron chi connectivity index (χ1n) is 9.18. The van der Waals surface area contributed by atoms with Gasteiger partial charge in [-0.2, -0.15) is 0 Å². The lowest BCUT2D eigenvalue weighted by Gasteiger charge is -2.35. The third kappa shape index (κ3) is 4.06. The lowest BCUT2D eigenvalue weighted by atomic mass is 10.2. The highest BCUT2D eigenvalue weighted by Gasteiger charge is 2.23. The van der Waals surface area contributed by atoms with E-state index in [2.05, 4.69) is 30.4 Å². The zero-order valence-corrected chi connectivity index (χ0v) is 15.6. The second-order valence-corrected chi connectivity index (χ2v) is 6.61. The molecule has 0 radical (unpaired) electrons. The van der Waals surface area contributed by atoms with Crippen LogP contribution in [0, 0.1) is 6.92 Å². The summed E-state index contributed by atoms with van der Waals surface area (Å²) in [6.45, 7) is 4.69. The van der Waals surface area contributed by atoms with E-state index in [1.807, 2.05) is 42.2 Å². The van der Waals surface area contributed by atoms with Crippen molar-refractivity contribution in [3.63, 3.8) is 0 Å². The fourth-order valence-corrected chi connectivity index (χ4v) is 3.09. The molecule has 1 aliphatic rings. The smallest absolute Gasteiger partial charge is 0.272 e. The molecule has 3 aromatic heterocycles. The quantitative estimate of drug-likeness (QED) is 0.748. The van der Waals surface area contributed by atoms with Gasteiger partial charge < -0.3 is 15.1 Å². The van der Waals surface area contributed by atoms with Gasteiger partial charge in [0.25, 0.3) is 5.91 Å². The van der Waals surface area contributed by atoms with E-state index in [0.29, 0.717) is 37.7 Å². The average molecular weight is 375 g/mol. The van der Waals surface area contributed by atoms with Crippen molar-refractivity contribution in [2.75, 3.05) is 36.4 Å². The molecule has 0 spiro atoms. The van der Waals surface area contributed by atoms with Crippen LogP contribution < -0.4 is 10.2 Å². The summed E-state index contributed by atoms with van der Waals surface area (Å²) < 4.78 is 0. The SMILES string of the molecule is Cc1ccnc(Nc2ccc(N3CCN(C(=O)c4ccccn4)CC3)nn2)c1. The molecule has 142 valence electrons. The molecular formula is C20H21N7O. The summed E-state index contributed by atoms with van der Waals surface area (Å²) in [5.41, 5.74) is 1.61. The number of carbonyl (C=O) groups is 1. The molecule has 0 saturated carbocycles. The lowest BCUT2D eigenvalue weighted by molar-refractivity contribution is 0.0740. The molecular weight excluding hydrogens is 354 g/mol. The Hall–Kier alpha value is -3.55. The molecule has 3 aromatic rings. The van der Waals surface area contributed by atoms with E-state index < -0.39 is 0 Å². The Morgan fingerprint density at radius 1 is 0.929 bits per heavy atom. The number of nitrogens with zero attached hydrogens (tertiary/aromatic N) is 6. The summed E-state index contributed by atoms with van der Waals surface area (Å²) in [6.07, 6.45) is 3.39. The van der Waals surface area contributed by atoms with Crippen LogP contribution >= 0.6 is 0 Å². The summed E-state index contributed by atoms with van der Waals surface area (Å²) in [7, 11) is 0. The van der Waals surface area contributed by atoms with E-state index in [0.717, 1.165) is 17.2 Å². The number of anilines is 3. The monoisotopic (exact) mass is 375 g/mol. The zero-order chi connectivity index (χ0) is 19.3. The minimum atomic E-state index is -0.0310. The third-order valence-corrected chi connectivity index (χ3v) is 4.60. The molecule has 0 unspecified atom stereocenters. The highest BCUT2D eigenvalue weighted by molar-refractivity contribution is 5.92. The summed E-state index contributed by atoms with van der Waals surface area (Å²) in [5.74, 6) is 2.15. The summed E-state index contributed by atoms with van der Waals surface area (Å²) in [4.78, 5) is 24.8. The molecule has 1 aliphatic heterocycles. The van der Waals surface area contributed by atoms with Crippen molar-refractivity contribution in [1.82, 2.24) is 25.1 Å². The average Bonchev–Trinajstić information content (AvgIpc) is 2.75. The second kappa shape index (κ2) is 7.99. The first-order chi connectivity index (χ1) is 13.7. The fourth-order valence-electron chi connectivity index (χ4n) is 3.09. The van der Waals surface area contributed by atoms with Gasteiger partial charge in [0.05, 0.1) is 0 Å². The molecule has 0 aromatic carbocycles. The van der Waals surface area contributed by atoms with Crippen LogP contribution in [0.3, 0.4) is 0 Å². The number of nitrogens with one attached hydrogen (secondary N) is 1. The van der Waals surface area contributed by atoms with Crippen molar-refractivity contribution < 1.29 is 4.79 Å². The van der Waals surface area contributed by atoms with Gasteiger partial charge in [0.2, 0.25) is 0 Å². The first kappa shape index (κ1) is 17.8. The molecule has 1 amide bonds. The van der Waals surface area contributed by atoms with Gasteiger partial charge in [-0.15, -0.1) is 10.2 Å². The number of hydrogen-bond donors (Lipinski definition) is 1. The van der Waals surface area contributed by atoms with Crippen molar-refractivity contribution in [1.29, 1.82) is 0 Å². The van der Waals surface area contributed by atoms with Gasteiger partial charge >= 0.3 is 0 Å². The minimum Gasteiger partial charge on any atom is -0.352 e. The highest BCUT2D eigenvalue weighted by atomic mass is 16.2. The third-order valence-electron chi connectivity index (χ3n) is 4.60. The number of hydrogen-bond acceptors (Lipinski definition) is 7. The normalized spacial score (nSPS) is 14.0. The van der Waals surface area contributed by atoms with Crippen molar-refractivity contribution in [3.05, 3.63) is 66.1 Å². The number of piperazine rings is 1. The van der Waals surface area contributed by atoms with Crippen molar-refractivity contribution >= 4 is 23.4 Å². The van der Waals surface area contributed by atoms with Crippen LogP contribution in [0.4, 0.5) is 17.5 Å². The van der Waals surface area contributed by atoms with Crippen LogP contribution in [0.25, 0.3) is 0 Å². The molecule has 8 nitrogen and oxygen atoms in total. The molecule has 1 N–H and O–H groups in total. The number of carbonyl (C=O) groups excluding carboxylic acids is 1. The number of aryl methyl sites for hydroxylation is 1. The molecule has 28 heavy (non-hydrogen) atoms. The van der Waals surface area contributed by atoms with Crippen LogP contribution in [0.2, 0.25) is 0 Å². The Balaban J connectivity index is 1.35. The van der Waals surface area contributed by atoms with Crippen LogP contribution in [0.1, 0.15) is 16.1 Å². The van der Waals surface area contributed by atoms with Gasteiger partial charge in [0.1, 0.15) is 11.5 Å². The molecule has 4 rings (SSSR count). The topological polar surface area (TPSA) is 87.1 Å². The van der Waals surface area contributed by atoms with E-state index in [9.17, 15) is 4.79 Å². The summed E-state index contributed by atoms with van der Waals surface area (Å²) in [6, 6.07) is 13.1. The van der Waals surface area contributed by atoms with Crippen LogP contribution in [-0.2, 0) is 0 Å². The molecule has 4 heterocycles.